The zero-order chi connectivity index (χ0) is 19.7. The van der Waals surface area contributed by atoms with E-state index in [0.717, 1.165) is 16.7 Å². The Balaban J connectivity index is 3.23. The first-order valence-electron chi connectivity index (χ1n) is 8.87. The lowest BCUT2D eigenvalue weighted by atomic mass is 9.72. The number of hydrazone groups is 1. The van der Waals surface area contributed by atoms with Crippen LogP contribution in [0.25, 0.3) is 0 Å². The van der Waals surface area contributed by atoms with Crippen LogP contribution in [0, 0.1) is 12.3 Å². The third-order valence-electron chi connectivity index (χ3n) is 4.81. The summed E-state index contributed by atoms with van der Waals surface area (Å²) >= 11 is 0. The van der Waals surface area contributed by atoms with Gasteiger partial charge in [-0.25, -0.2) is 0 Å². The summed E-state index contributed by atoms with van der Waals surface area (Å²) in [5, 5.41) is 13.4. The molecule has 6 heteroatoms. The standard InChI is InChI=1S/C20H31N3O3/c1-6-22-12-17(23-21)9-10-18(20(3,4)19(25)26-5)15-8-7-14(2)16(11-15)13-24/h7-8,11-12,18,24H,6,9-10,13,21H2,1-5H3/t18-/m1/s1. The predicted octanol–water partition coefficient (Wildman–Crippen LogP) is 2.96. The monoisotopic (exact) mass is 361 g/mol. The summed E-state index contributed by atoms with van der Waals surface area (Å²) in [5.41, 5.74) is 2.81. The van der Waals surface area contributed by atoms with Crippen LogP contribution in [0.3, 0.4) is 0 Å². The first-order valence-corrected chi connectivity index (χ1v) is 8.87. The first-order chi connectivity index (χ1) is 12.3. The van der Waals surface area contributed by atoms with Crippen molar-refractivity contribution in [2.45, 2.75) is 53.1 Å². The van der Waals surface area contributed by atoms with E-state index in [1.54, 1.807) is 6.21 Å². The molecule has 0 bridgehead atoms. The fourth-order valence-electron chi connectivity index (χ4n) is 3.08. The summed E-state index contributed by atoms with van der Waals surface area (Å²) in [6.45, 7) is 8.27. The van der Waals surface area contributed by atoms with Gasteiger partial charge in [0.05, 0.1) is 24.8 Å². The van der Waals surface area contributed by atoms with Crippen LogP contribution < -0.4 is 5.84 Å². The highest BCUT2D eigenvalue weighted by Gasteiger charge is 2.38. The SMILES string of the molecule is CCN=CC(CC[C@H](c1ccc(C)c(CO)c1)C(C)(C)C(=O)OC)=NN. The number of carbonyl (C=O) groups is 1. The number of aryl methyl sites for hydroxylation is 1. The lowest BCUT2D eigenvalue weighted by Gasteiger charge is -2.32. The molecule has 3 N–H and O–H groups in total. The highest BCUT2D eigenvalue weighted by Crippen LogP contribution is 2.40. The summed E-state index contributed by atoms with van der Waals surface area (Å²) < 4.78 is 5.03. The minimum Gasteiger partial charge on any atom is -0.469 e. The van der Waals surface area contributed by atoms with E-state index in [4.69, 9.17) is 10.6 Å². The first kappa shape index (κ1) is 21.8. The second-order valence-corrected chi connectivity index (χ2v) is 6.90. The van der Waals surface area contributed by atoms with E-state index < -0.39 is 5.41 Å². The van der Waals surface area contributed by atoms with Crippen molar-refractivity contribution in [1.82, 2.24) is 0 Å². The Morgan fingerprint density at radius 1 is 1.42 bits per heavy atom. The third kappa shape index (κ3) is 5.39. The highest BCUT2D eigenvalue weighted by atomic mass is 16.5. The molecule has 0 amide bonds. The molecule has 0 aliphatic heterocycles. The van der Waals surface area contributed by atoms with Gasteiger partial charge in [0.25, 0.3) is 0 Å². The van der Waals surface area contributed by atoms with Crippen LogP contribution in [0.4, 0.5) is 0 Å². The van der Waals surface area contributed by atoms with Gasteiger partial charge >= 0.3 is 5.97 Å². The van der Waals surface area contributed by atoms with Gasteiger partial charge in [0.15, 0.2) is 0 Å². The van der Waals surface area contributed by atoms with Gasteiger partial charge in [-0.2, -0.15) is 5.10 Å². The minimum atomic E-state index is -0.738. The Morgan fingerprint density at radius 2 is 2.12 bits per heavy atom. The summed E-state index contributed by atoms with van der Waals surface area (Å²) in [4.78, 5) is 16.6. The smallest absolute Gasteiger partial charge is 0.311 e. The minimum absolute atomic E-state index is 0.0380. The Morgan fingerprint density at radius 3 is 2.65 bits per heavy atom. The third-order valence-corrected chi connectivity index (χ3v) is 4.81. The van der Waals surface area contributed by atoms with Gasteiger partial charge in [-0.3, -0.25) is 9.79 Å². The van der Waals surface area contributed by atoms with Gasteiger partial charge in [-0.1, -0.05) is 18.2 Å². The van der Waals surface area contributed by atoms with Crippen molar-refractivity contribution in [3.63, 3.8) is 0 Å². The summed E-state index contributed by atoms with van der Waals surface area (Å²) in [5.74, 6) is 5.08. The number of aliphatic hydroxyl groups excluding tert-OH is 1. The van der Waals surface area contributed by atoms with Crippen LogP contribution in [0.15, 0.2) is 28.3 Å². The number of nitrogens with two attached hydrogens (primary N) is 1. The second kappa shape index (κ2) is 10.1. The number of hydrogen-bond acceptors (Lipinski definition) is 6. The topological polar surface area (TPSA) is 97.3 Å². The predicted molar refractivity (Wildman–Crippen MR) is 106 cm³/mol. The van der Waals surface area contributed by atoms with E-state index in [0.29, 0.717) is 25.1 Å². The van der Waals surface area contributed by atoms with E-state index in [2.05, 4.69) is 10.1 Å². The van der Waals surface area contributed by atoms with Gasteiger partial charge in [0.1, 0.15) is 0 Å². The van der Waals surface area contributed by atoms with Gasteiger partial charge < -0.3 is 15.7 Å². The largest absolute Gasteiger partial charge is 0.469 e. The maximum absolute atomic E-state index is 12.4. The fourth-order valence-corrected chi connectivity index (χ4v) is 3.08. The van der Waals surface area contributed by atoms with E-state index in [1.807, 2.05) is 45.9 Å². The van der Waals surface area contributed by atoms with Crippen molar-refractivity contribution in [1.29, 1.82) is 0 Å². The molecule has 6 nitrogen and oxygen atoms in total. The number of aliphatic hydroxyl groups is 1. The molecule has 0 saturated heterocycles. The van der Waals surface area contributed by atoms with Gasteiger partial charge in [-0.15, -0.1) is 0 Å². The summed E-state index contributed by atoms with van der Waals surface area (Å²) in [7, 11) is 1.40. The number of aliphatic imine (C=N–C) groups is 1. The Bertz CT molecular complexity index is 666. The molecule has 0 aliphatic carbocycles. The van der Waals surface area contributed by atoms with Crippen molar-refractivity contribution in [3.8, 4) is 0 Å². The van der Waals surface area contributed by atoms with E-state index in [9.17, 15) is 9.90 Å². The molecule has 0 aromatic heterocycles. The molecule has 1 rings (SSSR count). The van der Waals surface area contributed by atoms with Crippen molar-refractivity contribution in [2.24, 2.45) is 21.4 Å². The zero-order valence-corrected chi connectivity index (χ0v) is 16.5. The lowest BCUT2D eigenvalue weighted by molar-refractivity contribution is -0.152. The van der Waals surface area contributed by atoms with Crippen LogP contribution in [0.1, 0.15) is 56.2 Å². The molecule has 144 valence electrons. The molecule has 0 aliphatic rings. The Labute approximate surface area is 156 Å². The van der Waals surface area contributed by atoms with E-state index in [-0.39, 0.29) is 18.5 Å². The normalized spacial score (nSPS) is 13.8. The summed E-state index contributed by atoms with van der Waals surface area (Å²) in [6, 6.07) is 5.94. The second-order valence-electron chi connectivity index (χ2n) is 6.90. The van der Waals surface area contributed by atoms with E-state index >= 15 is 0 Å². The molecule has 0 saturated carbocycles. The Hall–Kier alpha value is -2.21. The van der Waals surface area contributed by atoms with E-state index in [1.165, 1.54) is 7.11 Å². The molecule has 26 heavy (non-hydrogen) atoms. The molecule has 0 unspecified atom stereocenters. The quantitative estimate of drug-likeness (QED) is 0.306. The van der Waals surface area contributed by atoms with Crippen molar-refractivity contribution < 1.29 is 14.6 Å². The Kier molecular flexibility index (Phi) is 8.45. The number of carbonyl (C=O) groups excluding carboxylic acids is 1. The number of ether oxygens (including phenoxy) is 1. The summed E-state index contributed by atoms with van der Waals surface area (Å²) in [6.07, 6.45) is 2.92. The van der Waals surface area contributed by atoms with Crippen LogP contribution in [0.2, 0.25) is 0 Å². The number of methoxy groups -OCH3 is 1. The molecule has 0 heterocycles. The fraction of sp³-hybridized carbons (Fsp3) is 0.550. The van der Waals surface area contributed by atoms with Gasteiger partial charge in [0, 0.05) is 12.8 Å². The number of hydrogen-bond donors (Lipinski definition) is 2. The molecule has 0 fully saturated rings. The molecule has 0 radical (unpaired) electrons. The number of nitrogens with zero attached hydrogens (tertiary/aromatic N) is 2. The molecular weight excluding hydrogens is 330 g/mol. The average Bonchev–Trinajstić information content (AvgIpc) is 2.64. The molecule has 0 spiro atoms. The van der Waals surface area contributed by atoms with Gasteiger partial charge in [0.2, 0.25) is 0 Å². The number of rotatable bonds is 9. The number of esters is 1. The molecule has 1 atom stereocenters. The zero-order valence-electron chi connectivity index (χ0n) is 16.5. The van der Waals surface area contributed by atoms with Crippen molar-refractivity contribution in [2.75, 3.05) is 13.7 Å². The van der Waals surface area contributed by atoms with Crippen LogP contribution in [0.5, 0.6) is 0 Å². The highest BCUT2D eigenvalue weighted by molar-refractivity contribution is 6.30. The maximum atomic E-state index is 12.4. The van der Waals surface area contributed by atoms with Crippen molar-refractivity contribution >= 4 is 17.9 Å². The van der Waals surface area contributed by atoms with Crippen LogP contribution in [-0.2, 0) is 16.1 Å². The van der Waals surface area contributed by atoms with Gasteiger partial charge in [-0.05, 0) is 63.1 Å². The maximum Gasteiger partial charge on any atom is 0.311 e. The molecule has 1 aromatic carbocycles. The van der Waals surface area contributed by atoms with Crippen LogP contribution >= 0.6 is 0 Å². The lowest BCUT2D eigenvalue weighted by Crippen LogP contribution is -2.33. The van der Waals surface area contributed by atoms with Crippen molar-refractivity contribution in [3.05, 3.63) is 34.9 Å². The molecule has 1 aromatic rings. The molecular formula is C20H31N3O3. The average molecular weight is 361 g/mol. The number of benzene rings is 1. The van der Waals surface area contributed by atoms with Crippen LogP contribution in [-0.4, -0.2) is 36.7 Å².